The van der Waals surface area contributed by atoms with Crippen molar-refractivity contribution in [2.75, 3.05) is 13.2 Å². The highest BCUT2D eigenvalue weighted by Crippen LogP contribution is 2.28. The number of carbonyl (C=O) groups is 1. The highest BCUT2D eigenvalue weighted by molar-refractivity contribution is 5.87. The van der Waals surface area contributed by atoms with E-state index in [2.05, 4.69) is 22.0 Å². The van der Waals surface area contributed by atoms with Gasteiger partial charge in [-0.3, -0.25) is 4.79 Å². The summed E-state index contributed by atoms with van der Waals surface area (Å²) in [5, 5.41) is 4.64. The normalized spacial score (nSPS) is 13.7. The largest absolute Gasteiger partial charge is 0.465 e. The molecular formula is C15H19ClN2O2. The summed E-state index contributed by atoms with van der Waals surface area (Å²) < 4.78 is 7.19. The van der Waals surface area contributed by atoms with Gasteiger partial charge in [-0.2, -0.15) is 0 Å². The van der Waals surface area contributed by atoms with E-state index in [9.17, 15) is 4.79 Å². The number of rotatable bonds is 3. The molecule has 3 rings (SSSR count). The van der Waals surface area contributed by atoms with Crippen LogP contribution in [0.4, 0.5) is 0 Å². The van der Waals surface area contributed by atoms with Crippen molar-refractivity contribution in [3.63, 3.8) is 0 Å². The minimum Gasteiger partial charge on any atom is -0.465 e. The summed E-state index contributed by atoms with van der Waals surface area (Å²) in [5.41, 5.74) is 3.73. The maximum absolute atomic E-state index is 11.8. The zero-order chi connectivity index (χ0) is 13.2. The minimum absolute atomic E-state index is 0. The maximum Gasteiger partial charge on any atom is 0.325 e. The molecule has 108 valence electrons. The first kappa shape index (κ1) is 14.9. The Balaban J connectivity index is 0.00000147. The van der Waals surface area contributed by atoms with Gasteiger partial charge in [0.2, 0.25) is 0 Å². The van der Waals surface area contributed by atoms with Gasteiger partial charge in [0.05, 0.1) is 6.61 Å². The number of fused-ring (bicyclic) bond motifs is 3. The van der Waals surface area contributed by atoms with Crippen molar-refractivity contribution in [2.24, 2.45) is 0 Å². The molecule has 0 radical (unpaired) electrons. The van der Waals surface area contributed by atoms with Crippen molar-refractivity contribution in [1.29, 1.82) is 0 Å². The van der Waals surface area contributed by atoms with E-state index in [4.69, 9.17) is 4.74 Å². The Morgan fingerprint density at radius 2 is 2.20 bits per heavy atom. The van der Waals surface area contributed by atoms with Crippen molar-refractivity contribution in [3.05, 3.63) is 35.5 Å². The summed E-state index contributed by atoms with van der Waals surface area (Å²) >= 11 is 0. The fourth-order valence-corrected chi connectivity index (χ4v) is 2.85. The zero-order valence-corrected chi connectivity index (χ0v) is 12.3. The van der Waals surface area contributed by atoms with Gasteiger partial charge in [0.15, 0.2) is 0 Å². The van der Waals surface area contributed by atoms with Crippen LogP contribution in [0.25, 0.3) is 10.9 Å². The third kappa shape index (κ3) is 2.53. The average molecular weight is 295 g/mol. The number of esters is 1. The standard InChI is InChI=1S/C15H18N2O2.ClH/c1-2-19-15(18)10-17-13-6-4-3-5-11(13)12-9-16-8-7-14(12)17;/h3-6,16H,2,7-10H2,1H3;1H. The Bertz CT molecular complexity index is 622. The van der Waals surface area contributed by atoms with Crippen LogP contribution >= 0.6 is 12.4 Å². The van der Waals surface area contributed by atoms with Crippen LogP contribution in [0.15, 0.2) is 24.3 Å². The third-order valence-electron chi connectivity index (χ3n) is 3.63. The second kappa shape index (κ2) is 6.29. The second-order valence-corrected chi connectivity index (χ2v) is 4.76. The van der Waals surface area contributed by atoms with E-state index in [1.54, 1.807) is 0 Å². The summed E-state index contributed by atoms with van der Waals surface area (Å²) in [6, 6.07) is 8.27. The Morgan fingerprint density at radius 3 is 3.00 bits per heavy atom. The molecule has 0 fully saturated rings. The van der Waals surface area contributed by atoms with Crippen molar-refractivity contribution in [3.8, 4) is 0 Å². The predicted octanol–water partition coefficient (Wildman–Crippen LogP) is 2.27. The fraction of sp³-hybridized carbons (Fsp3) is 0.400. The molecule has 0 aliphatic carbocycles. The highest BCUT2D eigenvalue weighted by Gasteiger charge is 2.20. The average Bonchev–Trinajstić information content (AvgIpc) is 2.75. The number of ether oxygens (including phenoxy) is 1. The maximum atomic E-state index is 11.8. The van der Waals surface area contributed by atoms with Crippen LogP contribution < -0.4 is 5.32 Å². The number of hydrogen-bond donors (Lipinski definition) is 1. The van der Waals surface area contributed by atoms with E-state index < -0.39 is 0 Å². The van der Waals surface area contributed by atoms with Crippen LogP contribution in [0.1, 0.15) is 18.2 Å². The number of halogens is 1. The lowest BCUT2D eigenvalue weighted by Gasteiger charge is -2.16. The van der Waals surface area contributed by atoms with Crippen molar-refractivity contribution >= 4 is 29.3 Å². The highest BCUT2D eigenvalue weighted by atomic mass is 35.5. The molecule has 2 aromatic rings. The summed E-state index contributed by atoms with van der Waals surface area (Å²) in [6.07, 6.45) is 0.962. The van der Waals surface area contributed by atoms with Crippen LogP contribution in [-0.4, -0.2) is 23.7 Å². The lowest BCUT2D eigenvalue weighted by atomic mass is 10.1. The van der Waals surface area contributed by atoms with Gasteiger partial charge in [0, 0.05) is 36.1 Å². The molecular weight excluding hydrogens is 276 g/mol. The minimum atomic E-state index is -0.162. The molecule has 0 bridgehead atoms. The van der Waals surface area contributed by atoms with E-state index in [-0.39, 0.29) is 18.4 Å². The second-order valence-electron chi connectivity index (χ2n) is 4.76. The van der Waals surface area contributed by atoms with E-state index in [0.29, 0.717) is 13.2 Å². The molecule has 5 heteroatoms. The number of benzene rings is 1. The first-order valence-corrected chi connectivity index (χ1v) is 6.76. The van der Waals surface area contributed by atoms with Gasteiger partial charge in [-0.1, -0.05) is 18.2 Å². The Hall–Kier alpha value is -1.52. The van der Waals surface area contributed by atoms with Crippen LogP contribution in [-0.2, 0) is 29.0 Å². The monoisotopic (exact) mass is 294 g/mol. The molecule has 1 aromatic heterocycles. The first-order valence-electron chi connectivity index (χ1n) is 6.76. The summed E-state index contributed by atoms with van der Waals surface area (Å²) in [7, 11) is 0. The van der Waals surface area contributed by atoms with Gasteiger partial charge in [-0.25, -0.2) is 0 Å². The van der Waals surface area contributed by atoms with Crippen LogP contribution in [0.5, 0.6) is 0 Å². The summed E-state index contributed by atoms with van der Waals surface area (Å²) in [6.45, 7) is 4.42. The van der Waals surface area contributed by atoms with Crippen molar-refractivity contribution < 1.29 is 9.53 Å². The molecule has 0 atom stereocenters. The predicted molar refractivity (Wildman–Crippen MR) is 81.2 cm³/mol. The number of hydrogen-bond acceptors (Lipinski definition) is 3. The van der Waals surface area contributed by atoms with Gasteiger partial charge >= 0.3 is 5.97 Å². The third-order valence-corrected chi connectivity index (χ3v) is 3.63. The molecule has 0 spiro atoms. The van der Waals surface area contributed by atoms with Crippen molar-refractivity contribution in [2.45, 2.75) is 26.4 Å². The molecule has 1 aromatic carbocycles. The van der Waals surface area contributed by atoms with Gasteiger partial charge < -0.3 is 14.6 Å². The Labute approximate surface area is 124 Å². The Morgan fingerprint density at radius 1 is 1.40 bits per heavy atom. The number of para-hydroxylation sites is 1. The van der Waals surface area contributed by atoms with E-state index in [1.807, 2.05) is 19.1 Å². The van der Waals surface area contributed by atoms with Crippen LogP contribution in [0.3, 0.4) is 0 Å². The van der Waals surface area contributed by atoms with Gasteiger partial charge in [0.25, 0.3) is 0 Å². The molecule has 2 heterocycles. The number of nitrogens with one attached hydrogen (secondary N) is 1. The summed E-state index contributed by atoms with van der Waals surface area (Å²) in [4.78, 5) is 11.8. The van der Waals surface area contributed by atoms with E-state index in [1.165, 1.54) is 16.6 Å². The topological polar surface area (TPSA) is 43.3 Å². The molecule has 4 nitrogen and oxygen atoms in total. The zero-order valence-electron chi connectivity index (χ0n) is 11.5. The smallest absolute Gasteiger partial charge is 0.325 e. The van der Waals surface area contributed by atoms with Crippen molar-refractivity contribution in [1.82, 2.24) is 9.88 Å². The lowest BCUT2D eigenvalue weighted by Crippen LogP contribution is -2.25. The molecule has 0 unspecified atom stereocenters. The number of aromatic nitrogens is 1. The molecule has 1 N–H and O–H groups in total. The van der Waals surface area contributed by atoms with Crippen LogP contribution in [0.2, 0.25) is 0 Å². The molecule has 0 saturated heterocycles. The fourth-order valence-electron chi connectivity index (χ4n) is 2.85. The quantitative estimate of drug-likeness (QED) is 0.883. The van der Waals surface area contributed by atoms with Crippen LogP contribution in [0, 0.1) is 0 Å². The van der Waals surface area contributed by atoms with Gasteiger partial charge in [-0.05, 0) is 18.6 Å². The molecule has 1 aliphatic rings. The number of carbonyl (C=O) groups excluding carboxylic acids is 1. The summed E-state index contributed by atoms with van der Waals surface area (Å²) in [5.74, 6) is -0.162. The molecule has 1 aliphatic heterocycles. The van der Waals surface area contributed by atoms with Gasteiger partial charge in [-0.15, -0.1) is 12.4 Å². The van der Waals surface area contributed by atoms with E-state index in [0.717, 1.165) is 25.0 Å². The van der Waals surface area contributed by atoms with E-state index >= 15 is 0 Å². The van der Waals surface area contributed by atoms with Gasteiger partial charge in [0.1, 0.15) is 6.54 Å². The first-order chi connectivity index (χ1) is 9.31. The molecule has 0 saturated carbocycles. The molecule has 0 amide bonds. The number of nitrogens with zero attached hydrogens (tertiary/aromatic N) is 1. The molecule has 20 heavy (non-hydrogen) atoms. The lowest BCUT2D eigenvalue weighted by molar-refractivity contribution is -0.143. The Kier molecular flexibility index (Phi) is 4.68. The SMILES string of the molecule is CCOC(=O)Cn1c2c(c3ccccc31)CNCC2.Cl.